The minimum Gasteiger partial charge on any atom is -0.389 e. The third kappa shape index (κ3) is 3.81. The van der Waals surface area contributed by atoms with Gasteiger partial charge >= 0.3 is 6.18 Å². The number of aliphatic hydroxyl groups is 1. The van der Waals surface area contributed by atoms with Crippen molar-refractivity contribution in [1.82, 2.24) is 30.1 Å². The van der Waals surface area contributed by atoms with Gasteiger partial charge < -0.3 is 9.63 Å². The van der Waals surface area contributed by atoms with Crippen molar-refractivity contribution in [1.29, 1.82) is 0 Å². The Kier molecular flexibility index (Phi) is 4.34. The number of benzene rings is 1. The molecule has 0 spiro atoms. The lowest BCUT2D eigenvalue weighted by atomic mass is 10.1. The van der Waals surface area contributed by atoms with E-state index in [1.54, 1.807) is 36.7 Å². The smallest absolute Gasteiger partial charge is 0.389 e. The quantitative estimate of drug-likeness (QED) is 0.556. The van der Waals surface area contributed by atoms with Gasteiger partial charge in [-0.25, -0.2) is 4.68 Å². The van der Waals surface area contributed by atoms with E-state index < -0.39 is 17.3 Å². The molecule has 150 valence electrons. The number of halogens is 3. The van der Waals surface area contributed by atoms with E-state index in [1.165, 1.54) is 0 Å². The zero-order chi connectivity index (χ0) is 20.8. The first-order chi connectivity index (χ1) is 13.6. The maximum absolute atomic E-state index is 13.2. The lowest BCUT2D eigenvalue weighted by Gasteiger charge is -2.16. The highest BCUT2D eigenvalue weighted by molar-refractivity contribution is 5.80. The molecule has 0 radical (unpaired) electrons. The zero-order valence-electron chi connectivity index (χ0n) is 15.3. The molecular formula is C18H15F3N6O2. The molecule has 29 heavy (non-hydrogen) atoms. The minimum atomic E-state index is -4.58. The predicted molar refractivity (Wildman–Crippen MR) is 95.4 cm³/mol. The maximum atomic E-state index is 13.2. The minimum absolute atomic E-state index is 0.107. The second-order valence-electron chi connectivity index (χ2n) is 7.11. The summed E-state index contributed by atoms with van der Waals surface area (Å²) in [6, 6.07) is 5.89. The van der Waals surface area contributed by atoms with Crippen LogP contribution in [0.3, 0.4) is 0 Å². The lowest BCUT2D eigenvalue weighted by Crippen LogP contribution is -2.26. The molecule has 0 aliphatic carbocycles. The number of hydrogen-bond acceptors (Lipinski definition) is 7. The molecule has 0 aliphatic heterocycles. The maximum Gasteiger partial charge on any atom is 0.417 e. The van der Waals surface area contributed by atoms with Gasteiger partial charge in [0, 0.05) is 18.0 Å². The van der Waals surface area contributed by atoms with E-state index in [0.717, 1.165) is 18.5 Å². The highest BCUT2D eigenvalue weighted by Crippen LogP contribution is 2.36. The Balaban J connectivity index is 1.70. The fourth-order valence-corrected chi connectivity index (χ4v) is 2.86. The molecular weight excluding hydrogens is 389 g/mol. The van der Waals surface area contributed by atoms with Gasteiger partial charge in [0.15, 0.2) is 0 Å². The van der Waals surface area contributed by atoms with E-state index in [1.807, 2.05) is 0 Å². The Morgan fingerprint density at radius 2 is 1.97 bits per heavy atom. The topological polar surface area (TPSA) is 103 Å². The Morgan fingerprint density at radius 3 is 2.69 bits per heavy atom. The van der Waals surface area contributed by atoms with E-state index in [-0.39, 0.29) is 23.8 Å². The molecule has 0 saturated carbocycles. The Bertz CT molecular complexity index is 1180. The molecule has 11 heteroatoms. The second-order valence-corrected chi connectivity index (χ2v) is 7.11. The van der Waals surface area contributed by atoms with Crippen LogP contribution >= 0.6 is 0 Å². The lowest BCUT2D eigenvalue weighted by molar-refractivity contribution is -0.137. The standard InChI is InChI=1S/C18H15F3N6O2/c1-17(2,28)9-27-14-4-3-10(7-13(14)24-26-27)15-23-16(29-25-15)11-8-22-6-5-12(11)18(19,20)21/h3-8,28H,9H2,1-2H3. The summed E-state index contributed by atoms with van der Waals surface area (Å²) in [5.41, 5.74) is -0.465. The predicted octanol–water partition coefficient (Wildman–Crippen LogP) is 3.33. The van der Waals surface area contributed by atoms with Crippen LogP contribution in [0.1, 0.15) is 19.4 Å². The van der Waals surface area contributed by atoms with Gasteiger partial charge in [-0.3, -0.25) is 4.98 Å². The molecule has 3 heterocycles. The molecule has 4 rings (SSSR count). The van der Waals surface area contributed by atoms with E-state index in [4.69, 9.17) is 4.52 Å². The van der Waals surface area contributed by atoms with Crippen LogP contribution in [-0.2, 0) is 12.7 Å². The number of alkyl halides is 3. The van der Waals surface area contributed by atoms with E-state index in [9.17, 15) is 18.3 Å². The summed E-state index contributed by atoms with van der Waals surface area (Å²) in [7, 11) is 0. The molecule has 0 atom stereocenters. The first kappa shape index (κ1) is 19.0. The third-order valence-corrected chi connectivity index (χ3v) is 4.09. The molecule has 0 saturated heterocycles. The monoisotopic (exact) mass is 404 g/mol. The molecule has 0 aliphatic rings. The molecule has 0 amide bonds. The van der Waals surface area contributed by atoms with Crippen molar-refractivity contribution in [3.63, 3.8) is 0 Å². The number of aromatic nitrogens is 6. The van der Waals surface area contributed by atoms with Crippen LogP contribution in [0, 0.1) is 0 Å². The summed E-state index contributed by atoms with van der Waals surface area (Å²) in [6.45, 7) is 3.56. The van der Waals surface area contributed by atoms with Crippen molar-refractivity contribution in [2.45, 2.75) is 32.2 Å². The van der Waals surface area contributed by atoms with Crippen LogP contribution in [0.4, 0.5) is 13.2 Å². The SMILES string of the molecule is CC(C)(O)Cn1nnc2cc(-c3noc(-c4cnccc4C(F)(F)F)n3)ccc21. The van der Waals surface area contributed by atoms with Gasteiger partial charge in [0.05, 0.1) is 28.8 Å². The summed E-state index contributed by atoms with van der Waals surface area (Å²) in [5, 5.41) is 21.8. The van der Waals surface area contributed by atoms with Crippen LogP contribution in [-0.4, -0.2) is 40.8 Å². The van der Waals surface area contributed by atoms with Crippen LogP contribution < -0.4 is 0 Å². The van der Waals surface area contributed by atoms with Gasteiger partial charge in [-0.15, -0.1) is 5.10 Å². The van der Waals surface area contributed by atoms with Gasteiger partial charge in [-0.05, 0) is 38.1 Å². The fourth-order valence-electron chi connectivity index (χ4n) is 2.86. The van der Waals surface area contributed by atoms with Crippen molar-refractivity contribution >= 4 is 11.0 Å². The molecule has 8 nitrogen and oxygen atoms in total. The van der Waals surface area contributed by atoms with Crippen molar-refractivity contribution < 1.29 is 22.8 Å². The number of hydrogen-bond donors (Lipinski definition) is 1. The summed E-state index contributed by atoms with van der Waals surface area (Å²) in [6.07, 6.45) is -2.50. The van der Waals surface area contributed by atoms with Gasteiger partial charge in [-0.2, -0.15) is 18.2 Å². The van der Waals surface area contributed by atoms with Crippen molar-refractivity contribution in [2.75, 3.05) is 0 Å². The van der Waals surface area contributed by atoms with Crippen LogP contribution in [0.25, 0.3) is 33.9 Å². The van der Waals surface area contributed by atoms with Crippen LogP contribution in [0.15, 0.2) is 41.2 Å². The fraction of sp³-hybridized carbons (Fsp3) is 0.278. The number of nitrogens with zero attached hydrogens (tertiary/aromatic N) is 6. The van der Waals surface area contributed by atoms with Crippen LogP contribution in [0.5, 0.6) is 0 Å². The number of fused-ring (bicyclic) bond motifs is 1. The van der Waals surface area contributed by atoms with Crippen LogP contribution in [0.2, 0.25) is 0 Å². The highest BCUT2D eigenvalue weighted by Gasteiger charge is 2.35. The second kappa shape index (κ2) is 6.62. The van der Waals surface area contributed by atoms with Crippen molar-refractivity contribution in [2.24, 2.45) is 0 Å². The van der Waals surface area contributed by atoms with E-state index >= 15 is 0 Å². The van der Waals surface area contributed by atoms with Gasteiger partial charge in [0.2, 0.25) is 5.82 Å². The molecule has 1 N–H and O–H groups in total. The summed E-state index contributed by atoms with van der Waals surface area (Å²) >= 11 is 0. The van der Waals surface area contributed by atoms with Crippen molar-refractivity contribution in [3.05, 3.63) is 42.2 Å². The molecule has 3 aromatic heterocycles. The molecule has 0 fully saturated rings. The summed E-state index contributed by atoms with van der Waals surface area (Å²) in [5.74, 6) is -0.179. The number of rotatable bonds is 4. The van der Waals surface area contributed by atoms with Gasteiger partial charge in [-0.1, -0.05) is 10.4 Å². The molecule has 1 aromatic carbocycles. The number of pyridine rings is 1. The van der Waals surface area contributed by atoms with Gasteiger partial charge in [0.1, 0.15) is 5.52 Å². The first-order valence-electron chi connectivity index (χ1n) is 8.53. The Labute approximate surface area is 162 Å². The average Bonchev–Trinajstić information content (AvgIpc) is 3.27. The summed E-state index contributed by atoms with van der Waals surface area (Å²) < 4.78 is 46.2. The van der Waals surface area contributed by atoms with E-state index in [2.05, 4.69) is 25.4 Å². The zero-order valence-corrected chi connectivity index (χ0v) is 15.3. The Morgan fingerprint density at radius 1 is 1.17 bits per heavy atom. The highest BCUT2D eigenvalue weighted by atomic mass is 19.4. The summed E-state index contributed by atoms with van der Waals surface area (Å²) in [4.78, 5) is 7.81. The molecule has 0 bridgehead atoms. The normalized spacial score (nSPS) is 12.6. The van der Waals surface area contributed by atoms with E-state index in [0.29, 0.717) is 16.6 Å². The molecule has 0 unspecified atom stereocenters. The molecule has 4 aromatic rings. The third-order valence-electron chi connectivity index (χ3n) is 4.09. The average molecular weight is 404 g/mol. The first-order valence-corrected chi connectivity index (χ1v) is 8.53. The largest absolute Gasteiger partial charge is 0.417 e. The van der Waals surface area contributed by atoms with Gasteiger partial charge in [0.25, 0.3) is 5.89 Å². The Hall–Kier alpha value is -3.34. The van der Waals surface area contributed by atoms with Crippen molar-refractivity contribution in [3.8, 4) is 22.8 Å².